The number of piperidine rings is 1. The maximum absolute atomic E-state index is 12.7. The van der Waals surface area contributed by atoms with Crippen molar-refractivity contribution in [3.8, 4) is 0 Å². The number of rotatable bonds is 4. The predicted octanol–water partition coefficient (Wildman–Crippen LogP) is 2.58. The summed E-state index contributed by atoms with van der Waals surface area (Å²) in [6.45, 7) is 4.75. The summed E-state index contributed by atoms with van der Waals surface area (Å²) in [6.07, 6.45) is 5.15. The van der Waals surface area contributed by atoms with Crippen molar-refractivity contribution in [3.63, 3.8) is 0 Å². The van der Waals surface area contributed by atoms with Gasteiger partial charge in [0.2, 0.25) is 5.91 Å². The fourth-order valence-corrected chi connectivity index (χ4v) is 4.09. The Morgan fingerprint density at radius 2 is 2.04 bits per heavy atom. The van der Waals surface area contributed by atoms with Crippen molar-refractivity contribution < 1.29 is 9.59 Å². The molecule has 0 spiro atoms. The second-order valence-electron chi connectivity index (χ2n) is 6.31. The maximum Gasteiger partial charge on any atom is 0.255 e. The topological polar surface area (TPSA) is 75.2 Å². The molecule has 1 aliphatic rings. The minimum absolute atomic E-state index is 0.0365. The molecule has 0 aromatic carbocycles. The molecule has 1 saturated heterocycles. The van der Waals surface area contributed by atoms with Gasteiger partial charge in [-0.25, -0.2) is 4.98 Å². The first-order valence-corrected chi connectivity index (χ1v) is 9.31. The molecule has 1 atom stereocenters. The minimum Gasteiger partial charge on any atom is -0.347 e. The van der Waals surface area contributed by atoms with E-state index in [1.165, 1.54) is 6.92 Å². The second kappa shape index (κ2) is 7.74. The van der Waals surface area contributed by atoms with E-state index in [0.29, 0.717) is 18.7 Å². The first-order valence-electron chi connectivity index (χ1n) is 8.43. The van der Waals surface area contributed by atoms with Crippen LogP contribution in [0.25, 0.3) is 0 Å². The Morgan fingerprint density at radius 3 is 2.64 bits per heavy atom. The van der Waals surface area contributed by atoms with E-state index in [9.17, 15) is 9.59 Å². The molecule has 0 unspecified atom stereocenters. The summed E-state index contributed by atoms with van der Waals surface area (Å²) >= 11 is 1.56. The zero-order valence-electron chi connectivity index (χ0n) is 14.4. The fraction of sp³-hybridized carbons (Fsp3) is 0.444. The number of aromatic nitrogens is 2. The number of aryl methyl sites for hydroxylation is 1. The Labute approximate surface area is 151 Å². The third-order valence-corrected chi connectivity index (χ3v) is 5.47. The monoisotopic (exact) mass is 358 g/mol. The third kappa shape index (κ3) is 4.04. The number of nitrogens with one attached hydrogen (secondary N) is 1. The Balaban J connectivity index is 1.67. The number of carbonyl (C=O) groups is 2. The van der Waals surface area contributed by atoms with Crippen LogP contribution in [0.15, 0.2) is 29.9 Å². The van der Waals surface area contributed by atoms with Crippen LogP contribution in [-0.4, -0.2) is 39.8 Å². The molecule has 132 valence electrons. The van der Waals surface area contributed by atoms with Crippen molar-refractivity contribution in [2.24, 2.45) is 5.92 Å². The van der Waals surface area contributed by atoms with Crippen LogP contribution in [0.5, 0.6) is 0 Å². The lowest BCUT2D eigenvalue weighted by Gasteiger charge is -2.35. The van der Waals surface area contributed by atoms with Gasteiger partial charge < -0.3 is 10.2 Å². The summed E-state index contributed by atoms with van der Waals surface area (Å²) in [5.74, 6) is 0.271. The lowest BCUT2D eigenvalue weighted by atomic mass is 9.89. The standard InChI is InChI=1S/C18H22N4O2S/c1-12-15(4-3-7-19-12)18(24)22-9-5-14(6-10-22)16(21-13(2)23)17-20-8-11-25-17/h3-4,7-8,11,14,16H,5-6,9-10H2,1-2H3,(H,21,23)/t16-/m1/s1. The molecular formula is C18H22N4O2S. The summed E-state index contributed by atoms with van der Waals surface area (Å²) in [7, 11) is 0. The fourth-order valence-electron chi connectivity index (χ4n) is 3.30. The first kappa shape index (κ1) is 17.5. The smallest absolute Gasteiger partial charge is 0.255 e. The van der Waals surface area contributed by atoms with Crippen LogP contribution in [-0.2, 0) is 4.79 Å². The van der Waals surface area contributed by atoms with E-state index in [4.69, 9.17) is 0 Å². The molecule has 1 N–H and O–H groups in total. The van der Waals surface area contributed by atoms with Gasteiger partial charge in [0.1, 0.15) is 5.01 Å². The van der Waals surface area contributed by atoms with Crippen molar-refractivity contribution in [2.45, 2.75) is 32.7 Å². The number of pyridine rings is 1. The summed E-state index contributed by atoms with van der Waals surface area (Å²) in [5, 5.41) is 5.89. The molecule has 0 aliphatic carbocycles. The first-order chi connectivity index (χ1) is 12.1. The van der Waals surface area contributed by atoms with Gasteiger partial charge in [-0.2, -0.15) is 0 Å². The highest BCUT2D eigenvalue weighted by molar-refractivity contribution is 7.09. The molecule has 2 aromatic heterocycles. The molecule has 2 amide bonds. The summed E-state index contributed by atoms with van der Waals surface area (Å²) in [4.78, 5) is 34.7. The number of amides is 2. The van der Waals surface area contributed by atoms with Crippen molar-refractivity contribution in [3.05, 3.63) is 46.2 Å². The van der Waals surface area contributed by atoms with E-state index in [1.807, 2.05) is 23.3 Å². The van der Waals surface area contributed by atoms with Crippen LogP contribution < -0.4 is 5.32 Å². The largest absolute Gasteiger partial charge is 0.347 e. The average Bonchev–Trinajstić information content (AvgIpc) is 3.14. The maximum atomic E-state index is 12.7. The average molecular weight is 358 g/mol. The van der Waals surface area contributed by atoms with Gasteiger partial charge >= 0.3 is 0 Å². The van der Waals surface area contributed by atoms with E-state index >= 15 is 0 Å². The van der Waals surface area contributed by atoms with Gasteiger partial charge in [0.15, 0.2) is 0 Å². The summed E-state index contributed by atoms with van der Waals surface area (Å²) in [6, 6.07) is 3.55. The van der Waals surface area contributed by atoms with Crippen LogP contribution in [0.1, 0.15) is 46.9 Å². The Morgan fingerprint density at radius 1 is 1.28 bits per heavy atom. The quantitative estimate of drug-likeness (QED) is 0.911. The zero-order valence-corrected chi connectivity index (χ0v) is 15.3. The molecule has 2 aromatic rings. The van der Waals surface area contributed by atoms with Crippen LogP contribution in [0.3, 0.4) is 0 Å². The molecule has 3 heterocycles. The molecule has 1 aliphatic heterocycles. The van der Waals surface area contributed by atoms with E-state index < -0.39 is 0 Å². The number of likely N-dealkylation sites (tertiary alicyclic amines) is 1. The van der Waals surface area contributed by atoms with Crippen molar-refractivity contribution in [1.82, 2.24) is 20.2 Å². The minimum atomic E-state index is -0.0742. The van der Waals surface area contributed by atoms with E-state index in [1.54, 1.807) is 29.8 Å². The number of thiazole rings is 1. The van der Waals surface area contributed by atoms with Crippen molar-refractivity contribution >= 4 is 23.2 Å². The van der Waals surface area contributed by atoms with Gasteiger partial charge in [-0.1, -0.05) is 0 Å². The van der Waals surface area contributed by atoms with Crippen LogP contribution in [0, 0.1) is 12.8 Å². The van der Waals surface area contributed by atoms with E-state index in [0.717, 1.165) is 23.5 Å². The summed E-state index contributed by atoms with van der Waals surface area (Å²) in [5.41, 5.74) is 1.42. The Bertz CT molecular complexity index is 739. The van der Waals surface area contributed by atoms with Gasteiger partial charge in [-0.05, 0) is 37.8 Å². The number of hydrogen-bond donors (Lipinski definition) is 1. The van der Waals surface area contributed by atoms with Gasteiger partial charge in [0.25, 0.3) is 5.91 Å². The highest BCUT2D eigenvalue weighted by Crippen LogP contribution is 2.32. The highest BCUT2D eigenvalue weighted by atomic mass is 32.1. The summed E-state index contributed by atoms with van der Waals surface area (Å²) < 4.78 is 0. The second-order valence-corrected chi connectivity index (χ2v) is 7.24. The van der Waals surface area contributed by atoms with E-state index in [2.05, 4.69) is 15.3 Å². The predicted molar refractivity (Wildman–Crippen MR) is 96.3 cm³/mol. The van der Waals surface area contributed by atoms with Gasteiger partial charge in [-0.15, -0.1) is 11.3 Å². The lowest BCUT2D eigenvalue weighted by molar-refractivity contribution is -0.120. The number of nitrogens with zero attached hydrogens (tertiary/aromatic N) is 3. The molecule has 25 heavy (non-hydrogen) atoms. The van der Waals surface area contributed by atoms with Crippen LogP contribution in [0.2, 0.25) is 0 Å². The van der Waals surface area contributed by atoms with Crippen LogP contribution in [0.4, 0.5) is 0 Å². The lowest BCUT2D eigenvalue weighted by Crippen LogP contribution is -2.42. The number of carbonyl (C=O) groups excluding carboxylic acids is 2. The van der Waals surface area contributed by atoms with Crippen molar-refractivity contribution in [1.29, 1.82) is 0 Å². The van der Waals surface area contributed by atoms with Gasteiger partial charge in [0.05, 0.1) is 11.6 Å². The normalized spacial score (nSPS) is 16.5. The Hall–Kier alpha value is -2.28. The highest BCUT2D eigenvalue weighted by Gasteiger charge is 2.31. The molecule has 3 rings (SSSR count). The zero-order chi connectivity index (χ0) is 17.8. The van der Waals surface area contributed by atoms with Gasteiger partial charge in [-0.3, -0.25) is 14.6 Å². The van der Waals surface area contributed by atoms with Crippen molar-refractivity contribution in [2.75, 3.05) is 13.1 Å². The van der Waals surface area contributed by atoms with E-state index in [-0.39, 0.29) is 23.8 Å². The molecule has 7 heteroatoms. The third-order valence-electron chi connectivity index (χ3n) is 4.61. The van der Waals surface area contributed by atoms with Gasteiger partial charge in [0, 0.05) is 43.5 Å². The molecule has 1 fully saturated rings. The molecule has 0 radical (unpaired) electrons. The van der Waals surface area contributed by atoms with Crippen LogP contribution >= 0.6 is 11.3 Å². The molecule has 6 nitrogen and oxygen atoms in total. The molecule has 0 saturated carbocycles. The SMILES string of the molecule is CC(=O)N[C@@H](c1nccs1)C1CCN(C(=O)c2cccnc2C)CC1. The molecule has 0 bridgehead atoms. The Kier molecular flexibility index (Phi) is 5.43. The number of hydrogen-bond acceptors (Lipinski definition) is 5. The molecular weight excluding hydrogens is 336 g/mol.